The van der Waals surface area contributed by atoms with Gasteiger partial charge in [0.05, 0.1) is 10.2 Å². The number of nitrogens with zero attached hydrogens (tertiary/aromatic N) is 1. The predicted octanol–water partition coefficient (Wildman–Crippen LogP) is 5.25. The van der Waals surface area contributed by atoms with Crippen molar-refractivity contribution in [3.63, 3.8) is 0 Å². The first-order valence-corrected chi connectivity index (χ1v) is 6.97. The van der Waals surface area contributed by atoms with Gasteiger partial charge >= 0.3 is 0 Å². The Hall–Kier alpha value is -0.460. The SMILES string of the molecule is Fc1ccc(Br)cc1Nc1ncc(Br)cc1Br. The average molecular weight is 425 g/mol. The van der Waals surface area contributed by atoms with Crippen LogP contribution in [0.5, 0.6) is 0 Å². The molecule has 1 heterocycles. The fourth-order valence-electron chi connectivity index (χ4n) is 1.23. The first-order valence-electron chi connectivity index (χ1n) is 4.59. The van der Waals surface area contributed by atoms with Crippen LogP contribution in [0.3, 0.4) is 0 Å². The first kappa shape index (κ1) is 13.0. The summed E-state index contributed by atoms with van der Waals surface area (Å²) in [6.45, 7) is 0. The fraction of sp³-hybridized carbons (Fsp3) is 0. The maximum atomic E-state index is 13.5. The summed E-state index contributed by atoms with van der Waals surface area (Å²) in [5.74, 6) is 0.231. The van der Waals surface area contributed by atoms with E-state index in [0.29, 0.717) is 11.5 Å². The molecule has 1 aromatic heterocycles. The lowest BCUT2D eigenvalue weighted by molar-refractivity contribution is 0.631. The lowest BCUT2D eigenvalue weighted by Gasteiger charge is -2.09. The minimum Gasteiger partial charge on any atom is -0.337 e. The van der Waals surface area contributed by atoms with Crippen molar-refractivity contribution in [2.24, 2.45) is 0 Å². The largest absolute Gasteiger partial charge is 0.337 e. The summed E-state index contributed by atoms with van der Waals surface area (Å²) in [5, 5.41) is 2.92. The van der Waals surface area contributed by atoms with Crippen LogP contribution in [0, 0.1) is 5.82 Å². The number of nitrogens with one attached hydrogen (secondary N) is 1. The predicted molar refractivity (Wildman–Crippen MR) is 77.0 cm³/mol. The van der Waals surface area contributed by atoms with Gasteiger partial charge in [-0.3, -0.25) is 0 Å². The third kappa shape index (κ3) is 3.26. The van der Waals surface area contributed by atoms with Crippen LogP contribution in [0.1, 0.15) is 0 Å². The highest BCUT2D eigenvalue weighted by Crippen LogP contribution is 2.28. The van der Waals surface area contributed by atoms with Crippen LogP contribution in [-0.2, 0) is 0 Å². The normalized spacial score (nSPS) is 10.4. The Labute approximate surface area is 123 Å². The van der Waals surface area contributed by atoms with Gasteiger partial charge in [-0.25, -0.2) is 9.37 Å². The molecule has 17 heavy (non-hydrogen) atoms. The minimum absolute atomic E-state index is 0.329. The quantitative estimate of drug-likeness (QED) is 0.712. The average Bonchev–Trinajstić information content (AvgIpc) is 2.27. The van der Waals surface area contributed by atoms with Crippen molar-refractivity contribution in [2.75, 3.05) is 5.32 Å². The van der Waals surface area contributed by atoms with E-state index in [4.69, 9.17) is 0 Å². The number of anilines is 2. The van der Waals surface area contributed by atoms with E-state index in [-0.39, 0.29) is 5.82 Å². The lowest BCUT2D eigenvalue weighted by atomic mass is 10.3. The molecule has 2 rings (SSSR count). The second-order valence-electron chi connectivity index (χ2n) is 3.23. The third-order valence-corrected chi connectivity index (χ3v) is 3.52. The van der Waals surface area contributed by atoms with Crippen LogP contribution < -0.4 is 5.32 Å². The van der Waals surface area contributed by atoms with E-state index in [9.17, 15) is 4.39 Å². The van der Waals surface area contributed by atoms with E-state index >= 15 is 0 Å². The van der Waals surface area contributed by atoms with Gasteiger partial charge in [0, 0.05) is 15.1 Å². The second kappa shape index (κ2) is 5.46. The zero-order valence-electron chi connectivity index (χ0n) is 8.35. The van der Waals surface area contributed by atoms with Crippen molar-refractivity contribution in [2.45, 2.75) is 0 Å². The van der Waals surface area contributed by atoms with E-state index < -0.39 is 0 Å². The molecule has 0 unspecified atom stereocenters. The van der Waals surface area contributed by atoms with Crippen molar-refractivity contribution in [1.29, 1.82) is 0 Å². The Morgan fingerprint density at radius 3 is 2.53 bits per heavy atom. The van der Waals surface area contributed by atoms with Gasteiger partial charge in [0.15, 0.2) is 0 Å². The molecule has 0 saturated carbocycles. The van der Waals surface area contributed by atoms with Gasteiger partial charge in [-0.15, -0.1) is 0 Å². The number of rotatable bonds is 2. The molecule has 0 aliphatic heterocycles. The van der Waals surface area contributed by atoms with Gasteiger partial charge < -0.3 is 5.32 Å². The van der Waals surface area contributed by atoms with E-state index in [0.717, 1.165) is 13.4 Å². The smallest absolute Gasteiger partial charge is 0.146 e. The van der Waals surface area contributed by atoms with Gasteiger partial charge in [0.25, 0.3) is 0 Å². The Bertz CT molecular complexity index is 560. The molecule has 2 nitrogen and oxygen atoms in total. The Kier molecular flexibility index (Phi) is 4.17. The van der Waals surface area contributed by atoms with Gasteiger partial charge in [-0.2, -0.15) is 0 Å². The number of pyridine rings is 1. The standard InChI is InChI=1S/C11H6Br3FN2/c12-6-1-2-9(15)10(4-6)17-11-8(14)3-7(13)5-16-11/h1-5H,(H,16,17). The second-order valence-corrected chi connectivity index (χ2v) is 5.92. The third-order valence-electron chi connectivity index (χ3n) is 1.99. The van der Waals surface area contributed by atoms with Gasteiger partial charge in [0.2, 0.25) is 0 Å². The molecule has 0 bridgehead atoms. The molecule has 0 fully saturated rings. The number of benzene rings is 1. The molecule has 0 amide bonds. The van der Waals surface area contributed by atoms with Crippen LogP contribution in [0.25, 0.3) is 0 Å². The van der Waals surface area contributed by atoms with E-state index in [1.54, 1.807) is 18.3 Å². The van der Waals surface area contributed by atoms with Crippen molar-refractivity contribution in [3.8, 4) is 0 Å². The maximum absolute atomic E-state index is 13.5. The van der Waals surface area contributed by atoms with Crippen LogP contribution in [0.4, 0.5) is 15.9 Å². The summed E-state index contributed by atoms with van der Waals surface area (Å²) < 4.78 is 15.9. The molecule has 0 radical (unpaired) electrons. The topological polar surface area (TPSA) is 24.9 Å². The number of hydrogen-bond acceptors (Lipinski definition) is 2. The lowest BCUT2D eigenvalue weighted by Crippen LogP contribution is -1.97. The highest BCUT2D eigenvalue weighted by atomic mass is 79.9. The molecule has 1 N–H and O–H groups in total. The van der Waals surface area contributed by atoms with Gasteiger partial charge in [-0.1, -0.05) is 15.9 Å². The fourth-order valence-corrected chi connectivity index (χ4v) is 2.68. The van der Waals surface area contributed by atoms with E-state index in [1.165, 1.54) is 6.07 Å². The Morgan fingerprint density at radius 1 is 1.06 bits per heavy atom. The first-order chi connectivity index (χ1) is 8.06. The van der Waals surface area contributed by atoms with Crippen LogP contribution >= 0.6 is 47.8 Å². The van der Waals surface area contributed by atoms with Crippen molar-refractivity contribution in [1.82, 2.24) is 4.98 Å². The molecular formula is C11H6Br3FN2. The van der Waals surface area contributed by atoms with Crippen LogP contribution in [-0.4, -0.2) is 4.98 Å². The summed E-state index contributed by atoms with van der Waals surface area (Å²) in [4.78, 5) is 4.16. The molecule has 0 aliphatic carbocycles. The Balaban J connectivity index is 2.34. The molecule has 0 saturated heterocycles. The monoisotopic (exact) mass is 422 g/mol. The highest BCUT2D eigenvalue weighted by molar-refractivity contribution is 9.11. The molecule has 0 atom stereocenters. The van der Waals surface area contributed by atoms with Crippen LogP contribution in [0.15, 0.2) is 43.9 Å². The van der Waals surface area contributed by atoms with E-state index in [1.807, 2.05) is 6.07 Å². The Morgan fingerprint density at radius 2 is 1.82 bits per heavy atom. The van der Waals surface area contributed by atoms with Crippen LogP contribution in [0.2, 0.25) is 0 Å². The summed E-state index contributed by atoms with van der Waals surface area (Å²) in [5.41, 5.74) is 0.370. The number of halogens is 4. The molecule has 88 valence electrons. The van der Waals surface area contributed by atoms with Gasteiger partial charge in [0.1, 0.15) is 11.6 Å². The summed E-state index contributed by atoms with van der Waals surface area (Å²) in [6.07, 6.45) is 1.64. The molecule has 2 aromatic rings. The molecule has 0 aliphatic rings. The zero-order valence-corrected chi connectivity index (χ0v) is 13.1. The zero-order chi connectivity index (χ0) is 12.4. The number of aromatic nitrogens is 1. The maximum Gasteiger partial charge on any atom is 0.146 e. The minimum atomic E-state index is -0.329. The van der Waals surface area contributed by atoms with Gasteiger partial charge in [-0.05, 0) is 56.1 Å². The van der Waals surface area contributed by atoms with E-state index in [2.05, 4.69) is 58.1 Å². The summed E-state index contributed by atoms with van der Waals surface area (Å²) in [7, 11) is 0. The highest BCUT2D eigenvalue weighted by Gasteiger charge is 2.07. The molecule has 1 aromatic carbocycles. The number of hydrogen-bond donors (Lipinski definition) is 1. The molecule has 6 heteroatoms. The van der Waals surface area contributed by atoms with Crippen molar-refractivity contribution < 1.29 is 4.39 Å². The van der Waals surface area contributed by atoms with Crippen molar-refractivity contribution >= 4 is 59.3 Å². The molecular weight excluding hydrogens is 419 g/mol. The summed E-state index contributed by atoms with van der Waals surface area (Å²) >= 11 is 9.96. The summed E-state index contributed by atoms with van der Waals surface area (Å²) in [6, 6.07) is 6.53. The van der Waals surface area contributed by atoms with Crippen molar-refractivity contribution in [3.05, 3.63) is 49.7 Å². The molecule has 0 spiro atoms.